The first-order valence-electron chi connectivity index (χ1n) is 20.4. The standard InChI is InChI=1S/C45H51N7O6/c1-24(2)37(50-42(54)57-6)41(53)51-17-7-8-35(51)39-46-22-34(49-39)27-10-13-31-30-12-9-25(18-29(30)23-58-36(31)20-27)26-11-14-32-33(19-26)48-40(47-32)38-28-15-16-45(21-28,44(3,4)5)52(38)43(55)56/h9-14,18-20,22,24,28,35,37-38H,7-8,15-17,21,23H2,1-6H3,(H,46,49)(H,47,48)(H,50,54)(H,55,56)/t28-,35?,37?,38?,45?/m0/s1. The maximum absolute atomic E-state index is 13.6. The number of aromatic nitrogens is 4. The molecule has 5 aromatic rings. The molecule has 5 atom stereocenters. The Labute approximate surface area is 337 Å². The van der Waals surface area contributed by atoms with Gasteiger partial charge in [-0.25, -0.2) is 19.6 Å². The second-order valence-corrected chi connectivity index (χ2v) is 17.8. The summed E-state index contributed by atoms with van der Waals surface area (Å²) in [5.74, 6) is 2.22. The third-order valence-corrected chi connectivity index (χ3v) is 13.3. The molecule has 4 aliphatic rings. The summed E-state index contributed by atoms with van der Waals surface area (Å²) in [5, 5.41) is 13.2. The van der Waals surface area contributed by atoms with Gasteiger partial charge >= 0.3 is 12.2 Å². The van der Waals surface area contributed by atoms with E-state index in [9.17, 15) is 19.5 Å². The summed E-state index contributed by atoms with van der Waals surface area (Å²) in [7, 11) is 1.29. The first kappa shape index (κ1) is 37.7. The molecular weight excluding hydrogens is 735 g/mol. The van der Waals surface area contributed by atoms with Crippen molar-refractivity contribution in [1.82, 2.24) is 35.1 Å². The Bertz CT molecular complexity index is 2450. The number of hydrogen-bond acceptors (Lipinski definition) is 7. The van der Waals surface area contributed by atoms with Crippen LogP contribution in [0.25, 0.3) is 44.5 Å². The highest BCUT2D eigenvalue weighted by Gasteiger charge is 2.64. The molecule has 2 bridgehead atoms. The van der Waals surface area contributed by atoms with Crippen LogP contribution in [0, 0.1) is 17.3 Å². The fraction of sp³-hybridized carbons (Fsp3) is 0.444. The van der Waals surface area contributed by atoms with Crippen molar-refractivity contribution >= 4 is 29.1 Å². The van der Waals surface area contributed by atoms with E-state index >= 15 is 0 Å². The van der Waals surface area contributed by atoms with Crippen LogP contribution in [0.3, 0.4) is 0 Å². The minimum atomic E-state index is -0.873. The fourth-order valence-electron chi connectivity index (χ4n) is 10.3. The van der Waals surface area contributed by atoms with Crippen molar-refractivity contribution in [3.05, 3.63) is 78.0 Å². The van der Waals surface area contributed by atoms with E-state index in [1.54, 1.807) is 11.1 Å². The van der Waals surface area contributed by atoms with E-state index in [-0.39, 0.29) is 35.2 Å². The Kier molecular flexibility index (Phi) is 9.05. The lowest BCUT2D eigenvalue weighted by molar-refractivity contribution is -0.135. The van der Waals surface area contributed by atoms with Gasteiger partial charge in [-0.2, -0.15) is 0 Å². The molecule has 3 fully saturated rings. The maximum Gasteiger partial charge on any atom is 0.408 e. The summed E-state index contributed by atoms with van der Waals surface area (Å²) in [6.07, 6.45) is 4.67. The number of hydrogen-bond donors (Lipinski definition) is 4. The minimum absolute atomic E-state index is 0.110. The van der Waals surface area contributed by atoms with Gasteiger partial charge in [-0.3, -0.25) is 9.69 Å². The van der Waals surface area contributed by atoms with Gasteiger partial charge in [-0.05, 0) is 102 Å². The topological polar surface area (TPSA) is 166 Å². The molecule has 3 amide bonds. The molecule has 2 aromatic heterocycles. The van der Waals surface area contributed by atoms with E-state index in [1.807, 2.05) is 30.9 Å². The van der Waals surface area contributed by atoms with Gasteiger partial charge in [-0.15, -0.1) is 0 Å². The largest absolute Gasteiger partial charge is 0.488 e. The quantitative estimate of drug-likeness (QED) is 0.127. The number of aromatic amines is 2. The van der Waals surface area contributed by atoms with Crippen LogP contribution in [0.2, 0.25) is 0 Å². The lowest BCUT2D eigenvalue weighted by atomic mass is 9.72. The van der Waals surface area contributed by atoms with Crippen LogP contribution in [0.1, 0.15) is 96.0 Å². The number of nitrogens with zero attached hydrogens (tertiary/aromatic N) is 4. The second kappa shape index (κ2) is 13.9. The van der Waals surface area contributed by atoms with Crippen LogP contribution in [0.15, 0.2) is 60.8 Å². The Hall–Kier alpha value is -5.85. The molecule has 4 unspecified atom stereocenters. The number of amides is 3. The summed E-state index contributed by atoms with van der Waals surface area (Å²) < 4.78 is 11.1. The van der Waals surface area contributed by atoms with E-state index in [0.29, 0.717) is 19.0 Å². The zero-order valence-corrected chi connectivity index (χ0v) is 33.9. The second-order valence-electron chi connectivity index (χ2n) is 17.8. The minimum Gasteiger partial charge on any atom is -0.488 e. The van der Waals surface area contributed by atoms with E-state index < -0.39 is 23.8 Å². The molecule has 5 heterocycles. The van der Waals surface area contributed by atoms with Gasteiger partial charge in [0.05, 0.1) is 47.7 Å². The van der Waals surface area contributed by atoms with Gasteiger partial charge < -0.3 is 34.8 Å². The molecule has 302 valence electrons. The molecule has 0 radical (unpaired) electrons. The third kappa shape index (κ3) is 6.08. The van der Waals surface area contributed by atoms with Crippen LogP contribution in [-0.4, -0.2) is 78.2 Å². The number of H-pyrrole nitrogens is 2. The third-order valence-electron chi connectivity index (χ3n) is 13.3. The molecule has 13 heteroatoms. The number of likely N-dealkylation sites (tertiary alicyclic amines) is 2. The molecule has 4 N–H and O–H groups in total. The van der Waals surface area contributed by atoms with Crippen LogP contribution >= 0.6 is 0 Å². The smallest absolute Gasteiger partial charge is 0.408 e. The van der Waals surface area contributed by atoms with Crippen molar-refractivity contribution in [3.8, 4) is 39.3 Å². The van der Waals surface area contributed by atoms with Gasteiger partial charge in [-0.1, -0.05) is 58.9 Å². The van der Waals surface area contributed by atoms with E-state index in [4.69, 9.17) is 19.4 Å². The monoisotopic (exact) mass is 785 g/mol. The Morgan fingerprint density at radius 1 is 0.983 bits per heavy atom. The Balaban J connectivity index is 0.933. The maximum atomic E-state index is 13.6. The van der Waals surface area contributed by atoms with Crippen LogP contribution in [-0.2, 0) is 16.1 Å². The van der Waals surface area contributed by atoms with Gasteiger partial charge in [0.25, 0.3) is 0 Å². The first-order valence-corrected chi connectivity index (χ1v) is 20.4. The predicted molar refractivity (Wildman–Crippen MR) is 219 cm³/mol. The number of alkyl carbamates (subject to hydrolysis) is 1. The molecule has 13 nitrogen and oxygen atoms in total. The highest BCUT2D eigenvalue weighted by atomic mass is 16.5. The number of imidazole rings is 2. The Morgan fingerprint density at radius 2 is 1.74 bits per heavy atom. The molecule has 2 saturated heterocycles. The van der Waals surface area contributed by atoms with Crippen LogP contribution in [0.4, 0.5) is 9.59 Å². The lowest BCUT2D eigenvalue weighted by Crippen LogP contribution is -2.56. The fourth-order valence-corrected chi connectivity index (χ4v) is 10.3. The highest BCUT2D eigenvalue weighted by Crippen LogP contribution is 2.62. The van der Waals surface area contributed by atoms with Crippen LogP contribution < -0.4 is 10.1 Å². The number of carbonyl (C=O) groups is 3. The predicted octanol–water partition coefficient (Wildman–Crippen LogP) is 8.84. The van der Waals surface area contributed by atoms with Crippen molar-refractivity contribution < 1.29 is 29.0 Å². The summed E-state index contributed by atoms with van der Waals surface area (Å²) in [5.41, 5.74) is 8.23. The van der Waals surface area contributed by atoms with Gasteiger partial charge in [0, 0.05) is 17.7 Å². The average Bonchev–Trinajstić information content (AvgIpc) is 4.06. The summed E-state index contributed by atoms with van der Waals surface area (Å²) >= 11 is 0. The van der Waals surface area contributed by atoms with Crippen molar-refractivity contribution in [2.45, 2.75) is 97.0 Å². The summed E-state index contributed by atoms with van der Waals surface area (Å²) in [6.45, 7) is 11.3. The molecule has 1 saturated carbocycles. The van der Waals surface area contributed by atoms with Gasteiger partial charge in [0.15, 0.2) is 0 Å². The molecule has 1 aliphatic carbocycles. The Morgan fingerprint density at radius 3 is 2.50 bits per heavy atom. The molecule has 58 heavy (non-hydrogen) atoms. The zero-order chi connectivity index (χ0) is 40.7. The zero-order valence-electron chi connectivity index (χ0n) is 33.9. The summed E-state index contributed by atoms with van der Waals surface area (Å²) in [4.78, 5) is 58.5. The molecule has 3 aromatic carbocycles. The van der Waals surface area contributed by atoms with Crippen molar-refractivity contribution in [2.24, 2.45) is 17.3 Å². The number of carboxylic acid groups (broad SMARTS) is 1. The van der Waals surface area contributed by atoms with Crippen LogP contribution in [0.5, 0.6) is 5.75 Å². The molecular formula is C45H51N7O6. The normalized spacial score (nSPS) is 22.8. The van der Waals surface area contributed by atoms with E-state index in [1.165, 1.54) is 7.11 Å². The van der Waals surface area contributed by atoms with Gasteiger partial charge in [0.1, 0.15) is 30.0 Å². The van der Waals surface area contributed by atoms with E-state index in [2.05, 4.69) is 78.5 Å². The number of benzene rings is 3. The molecule has 9 rings (SSSR count). The van der Waals surface area contributed by atoms with Crippen molar-refractivity contribution in [1.29, 1.82) is 0 Å². The van der Waals surface area contributed by atoms with E-state index in [0.717, 1.165) is 93.8 Å². The summed E-state index contributed by atoms with van der Waals surface area (Å²) in [6, 6.07) is 17.6. The van der Waals surface area contributed by atoms with Crippen molar-refractivity contribution in [3.63, 3.8) is 0 Å². The van der Waals surface area contributed by atoms with Gasteiger partial charge in [0.2, 0.25) is 5.91 Å². The first-order chi connectivity index (χ1) is 27.8. The lowest BCUT2D eigenvalue weighted by Gasteiger charge is -2.48. The number of nitrogens with one attached hydrogen (secondary N) is 3. The molecule has 3 aliphatic heterocycles. The number of fused-ring (bicyclic) bond motifs is 6. The van der Waals surface area contributed by atoms with Crippen molar-refractivity contribution in [2.75, 3.05) is 13.7 Å². The average molecular weight is 786 g/mol. The number of ether oxygens (including phenoxy) is 2. The number of carbonyl (C=O) groups excluding carboxylic acids is 2. The number of piperidine rings is 1. The number of methoxy groups -OCH3 is 1. The number of rotatable bonds is 7. The SMILES string of the molecule is COC(=O)NC(C(=O)N1CCCC1c1ncc(-c2ccc3c(c2)OCc2cc(-c4ccc5nc(C6[C@H]7CCC(C(C)(C)C)(C7)N6C(=O)O)[nH]c5c4)ccc2-3)[nH]1)C(C)C. The highest BCUT2D eigenvalue weighted by molar-refractivity contribution is 5.87. The molecule has 0 spiro atoms.